The summed E-state index contributed by atoms with van der Waals surface area (Å²) in [5.41, 5.74) is 1.28. The van der Waals surface area contributed by atoms with Gasteiger partial charge in [-0.1, -0.05) is 0 Å². The molecule has 1 fully saturated rings. The summed E-state index contributed by atoms with van der Waals surface area (Å²) in [7, 11) is 0. The highest BCUT2D eigenvalue weighted by molar-refractivity contribution is 5.91. The predicted octanol–water partition coefficient (Wildman–Crippen LogP) is 3.53. The number of rotatable bonds is 6. The molecule has 1 aliphatic heterocycles. The first-order valence-electron chi connectivity index (χ1n) is 8.88. The Morgan fingerprint density at radius 3 is 2.80 bits per heavy atom. The summed E-state index contributed by atoms with van der Waals surface area (Å²) in [6.07, 6.45) is 7.03. The number of amides is 1. The second kappa shape index (κ2) is 8.21. The molecule has 0 unspecified atom stereocenters. The number of nitrogens with one attached hydrogen (secondary N) is 1. The highest BCUT2D eigenvalue weighted by atomic mass is 16.3. The van der Waals surface area contributed by atoms with Crippen molar-refractivity contribution in [2.24, 2.45) is 5.92 Å². The van der Waals surface area contributed by atoms with Crippen LogP contribution in [0.2, 0.25) is 0 Å². The van der Waals surface area contributed by atoms with Gasteiger partial charge in [0.25, 0.3) is 0 Å². The van der Waals surface area contributed by atoms with E-state index in [1.54, 1.807) is 18.4 Å². The molecule has 5 heteroatoms. The predicted molar refractivity (Wildman–Crippen MR) is 96.9 cm³/mol. The molecule has 1 amide bonds. The molecule has 134 valence electrons. The van der Waals surface area contributed by atoms with Gasteiger partial charge >= 0.3 is 0 Å². The monoisotopic (exact) mass is 342 g/mol. The smallest absolute Gasteiger partial charge is 0.244 e. The third-order valence-electron chi connectivity index (χ3n) is 4.75. The largest absolute Gasteiger partial charge is 0.466 e. The molecule has 25 heavy (non-hydrogen) atoms. The van der Waals surface area contributed by atoms with Crippen LogP contribution in [0.5, 0.6) is 0 Å². The zero-order valence-corrected chi connectivity index (χ0v) is 15.0. The van der Waals surface area contributed by atoms with Gasteiger partial charge in [0.15, 0.2) is 0 Å². The summed E-state index contributed by atoms with van der Waals surface area (Å²) >= 11 is 0. The van der Waals surface area contributed by atoms with Crippen LogP contribution in [0, 0.1) is 19.8 Å². The van der Waals surface area contributed by atoms with Crippen LogP contribution in [-0.4, -0.2) is 30.4 Å². The summed E-state index contributed by atoms with van der Waals surface area (Å²) in [6.45, 7) is 7.83. The molecule has 0 saturated carbocycles. The first kappa shape index (κ1) is 17.5. The fraction of sp³-hybridized carbons (Fsp3) is 0.450. The van der Waals surface area contributed by atoms with Crippen LogP contribution in [-0.2, 0) is 11.3 Å². The highest BCUT2D eigenvalue weighted by Crippen LogP contribution is 2.21. The molecular formula is C20H26N2O3. The Kier molecular flexibility index (Phi) is 5.76. The van der Waals surface area contributed by atoms with Gasteiger partial charge in [-0.15, -0.1) is 0 Å². The topological polar surface area (TPSA) is 58.6 Å². The minimum atomic E-state index is -0.0664. The van der Waals surface area contributed by atoms with E-state index in [0.717, 1.165) is 50.5 Å². The Balaban J connectivity index is 1.37. The standard InChI is InChI=1S/C20H26N2O3/c1-15-12-18(16(2)25-15)14-22-9-7-17(8-10-22)13-21-20(23)6-5-19-4-3-11-24-19/h3-6,11-12,17H,7-10,13-14H2,1-2H3,(H,21,23)/b6-5+. The number of carbonyl (C=O) groups is 1. The summed E-state index contributed by atoms with van der Waals surface area (Å²) in [5, 5.41) is 2.99. The highest BCUT2D eigenvalue weighted by Gasteiger charge is 2.20. The van der Waals surface area contributed by atoms with E-state index >= 15 is 0 Å². The lowest BCUT2D eigenvalue weighted by atomic mass is 9.96. The van der Waals surface area contributed by atoms with Crippen molar-refractivity contribution in [3.8, 4) is 0 Å². The molecule has 0 bridgehead atoms. The summed E-state index contributed by atoms with van der Waals surface area (Å²) in [4.78, 5) is 14.3. The lowest BCUT2D eigenvalue weighted by Gasteiger charge is -2.31. The normalized spacial score (nSPS) is 16.6. The minimum absolute atomic E-state index is 0.0664. The van der Waals surface area contributed by atoms with Gasteiger partial charge in [-0.3, -0.25) is 9.69 Å². The second-order valence-electron chi connectivity index (χ2n) is 6.75. The van der Waals surface area contributed by atoms with Crippen molar-refractivity contribution < 1.29 is 13.6 Å². The lowest BCUT2D eigenvalue weighted by molar-refractivity contribution is -0.116. The average molecular weight is 342 g/mol. The van der Waals surface area contributed by atoms with Crippen molar-refractivity contribution in [1.29, 1.82) is 0 Å². The Hall–Kier alpha value is -2.27. The third kappa shape index (κ3) is 5.10. The molecule has 0 spiro atoms. The van der Waals surface area contributed by atoms with E-state index in [1.807, 2.05) is 19.9 Å². The van der Waals surface area contributed by atoms with Crippen molar-refractivity contribution >= 4 is 12.0 Å². The molecule has 3 heterocycles. The molecule has 1 N–H and O–H groups in total. The molecule has 1 aliphatic rings. The molecule has 3 rings (SSSR count). The maximum absolute atomic E-state index is 11.9. The summed E-state index contributed by atoms with van der Waals surface area (Å²) in [6, 6.07) is 5.76. The number of likely N-dealkylation sites (tertiary alicyclic amines) is 1. The van der Waals surface area contributed by atoms with E-state index in [-0.39, 0.29) is 5.91 Å². The molecule has 2 aromatic heterocycles. The van der Waals surface area contributed by atoms with Crippen LogP contribution in [0.3, 0.4) is 0 Å². The number of nitrogens with zero attached hydrogens (tertiary/aromatic N) is 1. The van der Waals surface area contributed by atoms with Crippen LogP contribution >= 0.6 is 0 Å². The summed E-state index contributed by atoms with van der Waals surface area (Å²) < 4.78 is 10.8. The van der Waals surface area contributed by atoms with E-state index in [9.17, 15) is 4.79 Å². The van der Waals surface area contributed by atoms with Crippen molar-refractivity contribution in [1.82, 2.24) is 10.2 Å². The van der Waals surface area contributed by atoms with Crippen LogP contribution in [0.15, 0.2) is 39.4 Å². The van der Waals surface area contributed by atoms with Crippen LogP contribution in [0.1, 0.15) is 35.7 Å². The average Bonchev–Trinajstić information content (AvgIpc) is 3.22. The van der Waals surface area contributed by atoms with Gasteiger partial charge in [0, 0.05) is 24.7 Å². The number of hydrogen-bond acceptors (Lipinski definition) is 4. The molecule has 2 aromatic rings. The van der Waals surface area contributed by atoms with Gasteiger partial charge in [-0.25, -0.2) is 0 Å². The van der Waals surface area contributed by atoms with Crippen LogP contribution in [0.25, 0.3) is 6.08 Å². The van der Waals surface area contributed by atoms with E-state index in [4.69, 9.17) is 8.83 Å². The number of hydrogen-bond donors (Lipinski definition) is 1. The number of furan rings is 2. The van der Waals surface area contributed by atoms with Crippen molar-refractivity contribution in [3.63, 3.8) is 0 Å². The number of aryl methyl sites for hydroxylation is 2. The van der Waals surface area contributed by atoms with Gasteiger partial charge in [-0.2, -0.15) is 0 Å². The Morgan fingerprint density at radius 1 is 1.36 bits per heavy atom. The van der Waals surface area contributed by atoms with Crippen molar-refractivity contribution in [2.75, 3.05) is 19.6 Å². The molecule has 0 atom stereocenters. The Labute approximate surface area is 148 Å². The van der Waals surface area contributed by atoms with E-state index < -0.39 is 0 Å². The maximum atomic E-state index is 11.9. The van der Waals surface area contributed by atoms with Crippen molar-refractivity contribution in [2.45, 2.75) is 33.2 Å². The van der Waals surface area contributed by atoms with Crippen LogP contribution < -0.4 is 5.32 Å². The Morgan fingerprint density at radius 2 is 2.16 bits per heavy atom. The Bertz CT molecular complexity index is 707. The molecule has 0 radical (unpaired) electrons. The molecule has 1 saturated heterocycles. The summed E-state index contributed by atoms with van der Waals surface area (Å²) in [5.74, 6) is 3.17. The van der Waals surface area contributed by atoms with Gasteiger partial charge in [0.05, 0.1) is 6.26 Å². The molecule has 0 aromatic carbocycles. The molecule has 5 nitrogen and oxygen atoms in total. The van der Waals surface area contributed by atoms with E-state index in [1.165, 1.54) is 11.6 Å². The fourth-order valence-corrected chi connectivity index (χ4v) is 3.28. The molecular weight excluding hydrogens is 316 g/mol. The lowest BCUT2D eigenvalue weighted by Crippen LogP contribution is -2.38. The van der Waals surface area contributed by atoms with Crippen LogP contribution in [0.4, 0.5) is 0 Å². The second-order valence-corrected chi connectivity index (χ2v) is 6.75. The van der Waals surface area contributed by atoms with E-state index in [2.05, 4.69) is 16.3 Å². The van der Waals surface area contributed by atoms with Gasteiger partial charge in [0.1, 0.15) is 17.3 Å². The van der Waals surface area contributed by atoms with E-state index in [0.29, 0.717) is 11.7 Å². The minimum Gasteiger partial charge on any atom is -0.466 e. The number of piperidine rings is 1. The SMILES string of the molecule is Cc1cc(CN2CCC(CNC(=O)/C=C/c3ccco3)CC2)c(C)o1. The zero-order valence-electron chi connectivity index (χ0n) is 15.0. The van der Waals surface area contributed by atoms with Crippen molar-refractivity contribution in [3.05, 3.63) is 53.4 Å². The zero-order chi connectivity index (χ0) is 17.6. The maximum Gasteiger partial charge on any atom is 0.244 e. The molecule has 0 aliphatic carbocycles. The first-order chi connectivity index (χ1) is 12.1. The van der Waals surface area contributed by atoms with Gasteiger partial charge in [0.2, 0.25) is 5.91 Å². The number of carbonyl (C=O) groups excluding carboxylic acids is 1. The van der Waals surface area contributed by atoms with Gasteiger partial charge in [-0.05, 0) is 70.0 Å². The third-order valence-corrected chi connectivity index (χ3v) is 4.75. The quantitative estimate of drug-likeness (QED) is 0.816. The first-order valence-corrected chi connectivity index (χ1v) is 8.88. The van der Waals surface area contributed by atoms with Gasteiger partial charge < -0.3 is 14.2 Å². The fourth-order valence-electron chi connectivity index (χ4n) is 3.28.